The fourth-order valence-corrected chi connectivity index (χ4v) is 4.78. The normalized spacial score (nSPS) is 23.5. The van der Waals surface area contributed by atoms with E-state index >= 15 is 0 Å². The monoisotopic (exact) mass is 428 g/mol. The van der Waals surface area contributed by atoms with E-state index in [-0.39, 0.29) is 23.2 Å². The fourth-order valence-electron chi connectivity index (χ4n) is 3.31. The van der Waals surface area contributed by atoms with E-state index in [1.54, 1.807) is 13.0 Å². The largest absolute Gasteiger partial charge is 0.463 e. The summed E-state index contributed by atoms with van der Waals surface area (Å²) >= 11 is 0. The number of esters is 1. The molecule has 6 heteroatoms. The van der Waals surface area contributed by atoms with Crippen molar-refractivity contribution in [2.45, 2.75) is 123 Å². The molecule has 0 aliphatic carbocycles. The van der Waals surface area contributed by atoms with Gasteiger partial charge < -0.3 is 18.6 Å². The highest BCUT2D eigenvalue weighted by atomic mass is 28.4. The Morgan fingerprint density at radius 1 is 1.17 bits per heavy atom. The van der Waals surface area contributed by atoms with Gasteiger partial charge in [-0.1, -0.05) is 40.0 Å². The summed E-state index contributed by atoms with van der Waals surface area (Å²) in [4.78, 5) is 11.6. The van der Waals surface area contributed by atoms with Gasteiger partial charge in [-0.05, 0) is 64.7 Å². The number of hydrogen-bond donors (Lipinski definition) is 0. The Hall–Kier alpha value is -0.693. The molecule has 5 nitrogen and oxygen atoms in total. The molecule has 1 aliphatic heterocycles. The Morgan fingerprint density at radius 3 is 2.41 bits per heavy atom. The van der Waals surface area contributed by atoms with Crippen molar-refractivity contribution < 1.29 is 23.4 Å². The SMILES string of the molecule is CCOC(=O)/C=C/[C@@H]1OC(C)(C)O[C@@H]1CCCCC[C@H](C)O[Si](C)(C)C(C)(C)C. The van der Waals surface area contributed by atoms with Crippen LogP contribution >= 0.6 is 0 Å². The van der Waals surface area contributed by atoms with Gasteiger partial charge in [-0.3, -0.25) is 0 Å². The van der Waals surface area contributed by atoms with Crippen molar-refractivity contribution in [3.8, 4) is 0 Å². The first-order valence-electron chi connectivity index (χ1n) is 11.2. The molecule has 3 atom stereocenters. The standard InChI is InChI=1S/C23H44O5Si/c1-10-25-21(24)17-16-20-19(26-23(6,7)27-20)15-13-11-12-14-18(2)28-29(8,9)22(3,4)5/h16-20H,10-15H2,1-9H3/b17-16+/t18-,19+,20-/m0/s1. The predicted octanol–water partition coefficient (Wildman–Crippen LogP) is 5.99. The average molecular weight is 429 g/mol. The molecule has 0 N–H and O–H groups in total. The Balaban J connectivity index is 2.39. The summed E-state index contributed by atoms with van der Waals surface area (Å²) in [6, 6.07) is 0. The molecule has 1 fully saturated rings. The van der Waals surface area contributed by atoms with E-state index in [2.05, 4.69) is 40.8 Å². The highest BCUT2D eigenvalue weighted by molar-refractivity contribution is 6.74. The number of unbranched alkanes of at least 4 members (excludes halogenated alkanes) is 2. The van der Waals surface area contributed by atoms with Gasteiger partial charge in [-0.2, -0.15) is 0 Å². The maximum Gasteiger partial charge on any atom is 0.330 e. The van der Waals surface area contributed by atoms with E-state index < -0.39 is 14.1 Å². The van der Waals surface area contributed by atoms with Crippen molar-refractivity contribution >= 4 is 14.3 Å². The Bertz CT molecular complexity index is 536. The quantitative estimate of drug-likeness (QED) is 0.175. The summed E-state index contributed by atoms with van der Waals surface area (Å²) in [6.45, 7) is 19.7. The lowest BCUT2D eigenvalue weighted by atomic mass is 10.0. The van der Waals surface area contributed by atoms with Crippen LogP contribution in [0.25, 0.3) is 0 Å². The second-order valence-electron chi connectivity index (χ2n) is 10.1. The highest BCUT2D eigenvalue weighted by Gasteiger charge is 2.40. The van der Waals surface area contributed by atoms with Gasteiger partial charge in [0.2, 0.25) is 0 Å². The molecular weight excluding hydrogens is 384 g/mol. The van der Waals surface area contributed by atoms with E-state index in [4.69, 9.17) is 18.6 Å². The topological polar surface area (TPSA) is 54.0 Å². The van der Waals surface area contributed by atoms with Crippen molar-refractivity contribution in [2.75, 3.05) is 6.61 Å². The van der Waals surface area contributed by atoms with Gasteiger partial charge in [0.05, 0.1) is 12.7 Å². The Morgan fingerprint density at radius 2 is 1.83 bits per heavy atom. The number of carbonyl (C=O) groups excluding carboxylic acids is 1. The van der Waals surface area contributed by atoms with Crippen LogP contribution in [-0.4, -0.2) is 45.0 Å². The molecule has 0 saturated carbocycles. The van der Waals surface area contributed by atoms with Gasteiger partial charge >= 0.3 is 5.97 Å². The maximum atomic E-state index is 11.6. The van der Waals surface area contributed by atoms with Crippen LogP contribution in [0.5, 0.6) is 0 Å². The van der Waals surface area contributed by atoms with Gasteiger partial charge in [-0.15, -0.1) is 0 Å². The molecule has 0 unspecified atom stereocenters. The summed E-state index contributed by atoms with van der Waals surface area (Å²) in [5, 5.41) is 0.250. The lowest BCUT2D eigenvalue weighted by molar-refractivity contribution is -0.144. The number of hydrogen-bond acceptors (Lipinski definition) is 5. The molecule has 0 aromatic carbocycles. The van der Waals surface area contributed by atoms with Gasteiger partial charge in [0.15, 0.2) is 14.1 Å². The molecule has 29 heavy (non-hydrogen) atoms. The van der Waals surface area contributed by atoms with Crippen LogP contribution in [0.15, 0.2) is 12.2 Å². The summed E-state index contributed by atoms with van der Waals surface area (Å²) in [7, 11) is -1.69. The Kier molecular flexibility index (Phi) is 10.1. The van der Waals surface area contributed by atoms with E-state index in [0.29, 0.717) is 12.7 Å². The minimum Gasteiger partial charge on any atom is -0.463 e. The first kappa shape index (κ1) is 26.3. The van der Waals surface area contributed by atoms with Gasteiger partial charge in [-0.25, -0.2) is 4.79 Å². The van der Waals surface area contributed by atoms with Crippen LogP contribution < -0.4 is 0 Å². The number of rotatable bonds is 11. The Labute approximate surface area is 179 Å². The van der Waals surface area contributed by atoms with Crippen LogP contribution in [0.4, 0.5) is 0 Å². The molecule has 0 spiro atoms. The molecule has 0 aromatic rings. The lowest BCUT2D eigenvalue weighted by Gasteiger charge is -2.38. The van der Waals surface area contributed by atoms with Crippen molar-refractivity contribution in [1.82, 2.24) is 0 Å². The average Bonchev–Trinajstić information content (AvgIpc) is 2.85. The van der Waals surface area contributed by atoms with Crippen molar-refractivity contribution in [1.29, 1.82) is 0 Å². The first-order valence-corrected chi connectivity index (χ1v) is 14.1. The number of ether oxygens (including phenoxy) is 3. The molecule has 1 saturated heterocycles. The summed E-state index contributed by atoms with van der Waals surface area (Å²) in [5.41, 5.74) is 0. The van der Waals surface area contributed by atoms with Crippen LogP contribution in [-0.2, 0) is 23.4 Å². The van der Waals surface area contributed by atoms with Crippen molar-refractivity contribution in [3.63, 3.8) is 0 Å². The van der Waals surface area contributed by atoms with Gasteiger partial charge in [0, 0.05) is 12.2 Å². The molecule has 170 valence electrons. The van der Waals surface area contributed by atoms with Gasteiger partial charge in [0.1, 0.15) is 6.10 Å². The molecule has 1 aliphatic rings. The van der Waals surface area contributed by atoms with E-state index in [1.807, 2.05) is 13.8 Å². The molecule has 1 heterocycles. The van der Waals surface area contributed by atoms with E-state index in [0.717, 1.165) is 32.1 Å². The molecule has 0 aromatic heterocycles. The van der Waals surface area contributed by atoms with Crippen LogP contribution in [0.1, 0.15) is 80.6 Å². The maximum absolute atomic E-state index is 11.6. The summed E-state index contributed by atoms with van der Waals surface area (Å²) < 4.78 is 23.4. The van der Waals surface area contributed by atoms with E-state index in [9.17, 15) is 4.79 Å². The van der Waals surface area contributed by atoms with E-state index in [1.165, 1.54) is 6.08 Å². The number of carbonyl (C=O) groups is 1. The molecule has 0 radical (unpaired) electrons. The molecule has 1 rings (SSSR count). The fraction of sp³-hybridized carbons (Fsp3) is 0.870. The minimum absolute atomic E-state index is 0.0309. The van der Waals surface area contributed by atoms with Crippen molar-refractivity contribution in [2.24, 2.45) is 0 Å². The lowest BCUT2D eigenvalue weighted by Crippen LogP contribution is -2.43. The van der Waals surface area contributed by atoms with Crippen LogP contribution in [0.2, 0.25) is 18.1 Å². The molecule has 0 amide bonds. The second-order valence-corrected chi connectivity index (χ2v) is 14.8. The summed E-state index contributed by atoms with van der Waals surface area (Å²) in [6.07, 6.45) is 8.65. The third-order valence-corrected chi connectivity index (χ3v) is 10.4. The smallest absolute Gasteiger partial charge is 0.330 e. The van der Waals surface area contributed by atoms with Crippen LogP contribution in [0, 0.1) is 0 Å². The van der Waals surface area contributed by atoms with Crippen LogP contribution in [0.3, 0.4) is 0 Å². The van der Waals surface area contributed by atoms with Gasteiger partial charge in [0.25, 0.3) is 0 Å². The van der Waals surface area contributed by atoms with Crippen molar-refractivity contribution in [3.05, 3.63) is 12.2 Å². The zero-order chi connectivity index (χ0) is 22.3. The predicted molar refractivity (Wildman–Crippen MR) is 120 cm³/mol. The molecule has 0 bridgehead atoms. The third-order valence-electron chi connectivity index (χ3n) is 5.83. The minimum atomic E-state index is -1.69. The third kappa shape index (κ3) is 9.32. The first-order chi connectivity index (χ1) is 13.3. The molecular formula is C23H44O5Si. The second kappa shape index (κ2) is 11.1. The summed E-state index contributed by atoms with van der Waals surface area (Å²) in [5.74, 6) is -0.963. The zero-order valence-corrected chi connectivity index (χ0v) is 21.2. The zero-order valence-electron chi connectivity index (χ0n) is 20.2. The highest BCUT2D eigenvalue weighted by Crippen LogP contribution is 2.38.